The lowest BCUT2D eigenvalue weighted by atomic mass is 10.0. The van der Waals surface area contributed by atoms with Gasteiger partial charge >= 0.3 is 12.3 Å². The average Bonchev–Trinajstić information content (AvgIpc) is 2.97. The summed E-state index contributed by atoms with van der Waals surface area (Å²) >= 11 is 1.27. The summed E-state index contributed by atoms with van der Waals surface area (Å²) in [4.78, 5) is 4.29. The molecule has 20 heavy (non-hydrogen) atoms. The van der Waals surface area contributed by atoms with Crippen molar-refractivity contribution >= 4 is 11.3 Å². The van der Waals surface area contributed by atoms with Gasteiger partial charge in [-0.25, -0.2) is 13.8 Å². The molecule has 0 spiro atoms. The maximum atomic E-state index is 12.6. The van der Waals surface area contributed by atoms with Crippen molar-refractivity contribution in [3.05, 3.63) is 16.1 Å². The molecular weight excluding hydrogens is 296 g/mol. The van der Waals surface area contributed by atoms with Gasteiger partial charge in [-0.05, 0) is 12.8 Å². The molecule has 0 aromatic carbocycles. The molecule has 1 saturated carbocycles. The maximum absolute atomic E-state index is 12.6. The van der Waals surface area contributed by atoms with Crippen molar-refractivity contribution in [1.29, 1.82) is 0 Å². The van der Waals surface area contributed by atoms with Gasteiger partial charge in [0.15, 0.2) is 0 Å². The molecule has 1 aromatic heterocycles. The summed E-state index contributed by atoms with van der Waals surface area (Å²) in [6, 6.07) is 0.0778. The number of nitrogens with two attached hydrogens (primary N) is 1. The molecule has 3 nitrogen and oxygen atoms in total. The predicted octanol–water partition coefficient (Wildman–Crippen LogP) is 3.15. The van der Waals surface area contributed by atoms with Crippen LogP contribution >= 0.6 is 11.3 Å². The van der Waals surface area contributed by atoms with E-state index in [0.29, 0.717) is 5.01 Å². The van der Waals surface area contributed by atoms with E-state index in [-0.39, 0.29) is 18.6 Å². The van der Waals surface area contributed by atoms with Gasteiger partial charge in [0, 0.05) is 17.3 Å². The van der Waals surface area contributed by atoms with Crippen molar-refractivity contribution in [2.24, 2.45) is 5.73 Å². The first-order valence-corrected chi connectivity index (χ1v) is 7.21. The average molecular weight is 312 g/mol. The monoisotopic (exact) mass is 312 g/mol. The summed E-state index contributed by atoms with van der Waals surface area (Å²) in [5.74, 6) is -3.92. The lowest BCUT2D eigenvalue weighted by molar-refractivity contribution is -0.168. The first kappa shape index (κ1) is 15.7. The third-order valence-electron chi connectivity index (χ3n) is 3.36. The molecule has 1 aliphatic rings. The van der Waals surface area contributed by atoms with Crippen molar-refractivity contribution in [3.8, 4) is 0 Å². The third-order valence-corrected chi connectivity index (χ3v) is 4.20. The number of nitrogens with zero attached hydrogens (tertiary/aromatic N) is 1. The minimum atomic E-state index is -4.12. The van der Waals surface area contributed by atoms with Crippen LogP contribution in [0, 0.1) is 0 Å². The van der Waals surface area contributed by atoms with Gasteiger partial charge in [-0.2, -0.15) is 8.78 Å². The molecule has 2 atom stereocenters. The van der Waals surface area contributed by atoms with E-state index in [1.54, 1.807) is 0 Å². The second-order valence-electron chi connectivity index (χ2n) is 4.92. The molecule has 1 fully saturated rings. The van der Waals surface area contributed by atoms with E-state index in [9.17, 15) is 17.6 Å². The van der Waals surface area contributed by atoms with Crippen molar-refractivity contribution in [3.63, 3.8) is 0 Å². The fourth-order valence-electron chi connectivity index (χ4n) is 2.26. The van der Waals surface area contributed by atoms with E-state index in [1.165, 1.54) is 11.3 Å². The van der Waals surface area contributed by atoms with Gasteiger partial charge < -0.3 is 10.5 Å². The molecule has 114 valence electrons. The Labute approximate surface area is 118 Å². The van der Waals surface area contributed by atoms with E-state index >= 15 is 0 Å². The molecule has 0 radical (unpaired) electrons. The van der Waals surface area contributed by atoms with Gasteiger partial charge in [-0.15, -0.1) is 11.3 Å². The third kappa shape index (κ3) is 3.67. The van der Waals surface area contributed by atoms with E-state index in [2.05, 4.69) is 9.72 Å². The summed E-state index contributed by atoms with van der Waals surface area (Å²) in [5.41, 5.74) is 6.81. The molecule has 1 aliphatic carbocycles. The molecule has 1 aromatic rings. The Kier molecular flexibility index (Phi) is 4.98. The SMILES string of the molecule is NC1CCCC1c1csc(COCC(F)(F)C(F)F)n1. The van der Waals surface area contributed by atoms with E-state index < -0.39 is 19.0 Å². The lowest BCUT2D eigenvalue weighted by Crippen LogP contribution is -2.32. The molecule has 2 unspecified atom stereocenters. The van der Waals surface area contributed by atoms with Crippen LogP contribution in [0.2, 0.25) is 0 Å². The van der Waals surface area contributed by atoms with Crippen molar-refractivity contribution in [2.75, 3.05) is 6.61 Å². The highest BCUT2D eigenvalue weighted by atomic mass is 32.1. The van der Waals surface area contributed by atoms with E-state index in [0.717, 1.165) is 25.0 Å². The smallest absolute Gasteiger partial charge is 0.330 e. The Bertz CT molecular complexity index is 441. The summed E-state index contributed by atoms with van der Waals surface area (Å²) in [6.07, 6.45) is -0.745. The van der Waals surface area contributed by atoms with Crippen LogP contribution in [0.1, 0.15) is 35.9 Å². The molecule has 0 amide bonds. The molecule has 0 saturated heterocycles. The number of alkyl halides is 4. The van der Waals surface area contributed by atoms with Crippen LogP contribution < -0.4 is 5.73 Å². The largest absolute Gasteiger partial charge is 0.368 e. The molecular formula is C12H16F4N2OS. The molecule has 0 bridgehead atoms. The highest BCUT2D eigenvalue weighted by Crippen LogP contribution is 2.34. The Morgan fingerprint density at radius 3 is 2.80 bits per heavy atom. The zero-order valence-corrected chi connectivity index (χ0v) is 11.5. The first-order chi connectivity index (χ1) is 9.40. The Balaban J connectivity index is 1.84. The standard InChI is InChI=1S/C12H16F4N2OS/c13-11(14)12(15,16)6-19-4-10-18-9(5-20-10)7-2-1-3-8(7)17/h5,7-8,11H,1-4,6,17H2. The quantitative estimate of drug-likeness (QED) is 0.821. The topological polar surface area (TPSA) is 48.1 Å². The normalized spacial score (nSPS) is 23.7. The number of ether oxygens (including phenoxy) is 1. The minimum Gasteiger partial charge on any atom is -0.368 e. The molecule has 2 rings (SSSR count). The van der Waals surface area contributed by atoms with Gasteiger partial charge in [-0.3, -0.25) is 0 Å². The molecule has 2 N–H and O–H groups in total. The highest BCUT2D eigenvalue weighted by molar-refractivity contribution is 7.09. The second-order valence-corrected chi connectivity index (χ2v) is 5.86. The van der Waals surface area contributed by atoms with Gasteiger partial charge in [0.25, 0.3) is 0 Å². The zero-order valence-electron chi connectivity index (χ0n) is 10.7. The van der Waals surface area contributed by atoms with Crippen LogP contribution in [-0.2, 0) is 11.3 Å². The molecule has 8 heteroatoms. The Morgan fingerprint density at radius 1 is 1.45 bits per heavy atom. The minimum absolute atomic E-state index is 0.0778. The van der Waals surface area contributed by atoms with E-state index in [4.69, 9.17) is 5.73 Å². The second kappa shape index (κ2) is 6.36. The number of hydrogen-bond donors (Lipinski definition) is 1. The van der Waals surface area contributed by atoms with Crippen LogP contribution in [0.25, 0.3) is 0 Å². The van der Waals surface area contributed by atoms with Crippen LogP contribution in [0.15, 0.2) is 5.38 Å². The van der Waals surface area contributed by atoms with Gasteiger partial charge in [0.05, 0.1) is 12.3 Å². The Hall–Kier alpha value is -0.730. The number of hydrogen-bond acceptors (Lipinski definition) is 4. The number of rotatable bonds is 6. The Morgan fingerprint density at radius 2 is 2.20 bits per heavy atom. The first-order valence-electron chi connectivity index (χ1n) is 6.34. The fraction of sp³-hybridized carbons (Fsp3) is 0.750. The van der Waals surface area contributed by atoms with Crippen LogP contribution in [0.5, 0.6) is 0 Å². The van der Waals surface area contributed by atoms with Gasteiger partial charge in [-0.1, -0.05) is 6.42 Å². The summed E-state index contributed by atoms with van der Waals surface area (Å²) in [5, 5.41) is 2.34. The zero-order chi connectivity index (χ0) is 14.8. The van der Waals surface area contributed by atoms with Crippen molar-refractivity contribution in [1.82, 2.24) is 4.98 Å². The number of thiazole rings is 1. The summed E-state index contributed by atoms with van der Waals surface area (Å²) in [6.45, 7) is -1.49. The predicted molar refractivity (Wildman–Crippen MR) is 67.3 cm³/mol. The molecule has 1 heterocycles. The van der Waals surface area contributed by atoms with Crippen LogP contribution in [0.3, 0.4) is 0 Å². The summed E-state index contributed by atoms with van der Waals surface area (Å²) < 4.78 is 53.8. The fourth-order valence-corrected chi connectivity index (χ4v) is 3.05. The number of aromatic nitrogens is 1. The highest BCUT2D eigenvalue weighted by Gasteiger charge is 2.41. The summed E-state index contributed by atoms with van der Waals surface area (Å²) in [7, 11) is 0. The van der Waals surface area contributed by atoms with Crippen LogP contribution in [0.4, 0.5) is 17.6 Å². The van der Waals surface area contributed by atoms with Crippen molar-refractivity contribution in [2.45, 2.75) is 50.2 Å². The van der Waals surface area contributed by atoms with Crippen LogP contribution in [-0.4, -0.2) is 30.0 Å². The van der Waals surface area contributed by atoms with Gasteiger partial charge in [0.2, 0.25) is 0 Å². The maximum Gasteiger partial charge on any atom is 0.330 e. The van der Waals surface area contributed by atoms with Crippen molar-refractivity contribution < 1.29 is 22.3 Å². The van der Waals surface area contributed by atoms with E-state index in [1.807, 2.05) is 5.38 Å². The lowest BCUT2D eigenvalue weighted by Gasteiger charge is -2.14. The molecule has 0 aliphatic heterocycles. The number of halogens is 4. The van der Waals surface area contributed by atoms with Gasteiger partial charge in [0.1, 0.15) is 11.6 Å².